The molecule has 2 aliphatic heterocycles. The van der Waals surface area contributed by atoms with Gasteiger partial charge in [0.25, 0.3) is 0 Å². The smallest absolute Gasteiger partial charge is 0.390 e. The summed E-state index contributed by atoms with van der Waals surface area (Å²) in [6.45, 7) is 14.4. The Balaban J connectivity index is 1.09. The number of fused-ring (bicyclic) bond motifs is 15. The lowest BCUT2D eigenvalue weighted by atomic mass is 9.98. The van der Waals surface area contributed by atoms with Crippen LogP contribution in [0.4, 0.5) is 0 Å². The second-order valence-electron chi connectivity index (χ2n) is 22.8. The molecule has 2 N–H and O–H groups in total. The molecule has 0 amide bonds. The van der Waals surface area contributed by atoms with Crippen LogP contribution in [0.25, 0.3) is 134 Å². The highest BCUT2D eigenvalue weighted by Crippen LogP contribution is 2.46. The Hall–Kier alpha value is -8.99. The minimum absolute atomic E-state index is 0.610. The normalized spacial score (nSPS) is 12.5. The number of rotatable bonds is 8. The summed E-state index contributed by atoms with van der Waals surface area (Å²) in [4.78, 5) is 19.0. The summed E-state index contributed by atoms with van der Waals surface area (Å²) in [6, 6.07) is 70.7. The molecular weight excluding hydrogens is 1030 g/mol. The van der Waals surface area contributed by atoms with Crippen LogP contribution in [0.15, 0.2) is 209 Å². The number of hydrogen-bond donors (Lipinski definition) is 2. The van der Waals surface area contributed by atoms with E-state index in [1.165, 1.54) is 21.1 Å². The Morgan fingerprint density at radius 1 is 0.388 bits per heavy atom. The van der Waals surface area contributed by atoms with Crippen LogP contribution in [0.3, 0.4) is 0 Å². The van der Waals surface area contributed by atoms with Crippen LogP contribution in [-0.2, 0) is 0 Å². The van der Waals surface area contributed by atoms with Crippen molar-refractivity contribution in [3.05, 3.63) is 223 Å². The number of para-hydroxylation sites is 1. The van der Waals surface area contributed by atoms with Crippen molar-refractivity contribution >= 4 is 125 Å². The van der Waals surface area contributed by atoms with Gasteiger partial charge in [-0.25, -0.2) is 9.97 Å². The second-order valence-corrected chi connectivity index (χ2v) is 33.9. The lowest BCUT2D eigenvalue weighted by Gasteiger charge is -2.20. The van der Waals surface area contributed by atoms with E-state index >= 15 is 0 Å². The molecular formula is C70H57N4O3PSi2. The standard InChI is InChI=1S/C70H57N4O3PSi2/c1-79(2,3)61-42-47-28-16-18-30-49(47)67-68-50-31-19-17-29-48(50)43-62(80(4,5)6)70(68)77-78(76-69(61)67)75-60-33-21-20-32-51(60)66-58-40-38-56(73-58)64(45-24-12-8-13-25-45)54-36-34-52(71-54)63(44-22-10-7-11-23-44)53-35-37-55(72-53)65(46-26-14-9-15-27-46)57-39-41-59(66)74-57/h7-43,71,74H,1-6H3. The van der Waals surface area contributed by atoms with Gasteiger partial charge < -0.3 is 22.9 Å². The molecule has 8 bridgehead atoms. The van der Waals surface area contributed by atoms with Crippen molar-refractivity contribution in [2.75, 3.05) is 0 Å². The third-order valence-electron chi connectivity index (χ3n) is 15.5. The van der Waals surface area contributed by atoms with Gasteiger partial charge in [-0.3, -0.25) is 0 Å². The molecule has 80 heavy (non-hydrogen) atoms. The van der Waals surface area contributed by atoms with Gasteiger partial charge in [0, 0.05) is 60.7 Å². The molecule has 10 heteroatoms. The van der Waals surface area contributed by atoms with E-state index in [4.69, 9.17) is 22.9 Å². The predicted octanol–water partition coefficient (Wildman–Crippen LogP) is 19.2. The van der Waals surface area contributed by atoms with E-state index in [1.807, 2.05) is 12.1 Å². The maximum Gasteiger partial charge on any atom is 0.453 e. The van der Waals surface area contributed by atoms with Crippen molar-refractivity contribution in [2.45, 2.75) is 39.3 Å². The average molecular weight is 1090 g/mol. The van der Waals surface area contributed by atoms with Gasteiger partial charge in [-0.1, -0.05) is 209 Å². The Morgan fingerprint density at radius 2 is 0.738 bits per heavy atom. The van der Waals surface area contributed by atoms with Crippen molar-refractivity contribution in [1.82, 2.24) is 19.9 Å². The highest BCUT2D eigenvalue weighted by atomic mass is 31.1. The summed E-state index contributed by atoms with van der Waals surface area (Å²) in [5.41, 5.74) is 16.5. The van der Waals surface area contributed by atoms with Crippen LogP contribution < -0.4 is 14.9 Å². The first-order valence-electron chi connectivity index (χ1n) is 27.3. The van der Waals surface area contributed by atoms with E-state index in [0.29, 0.717) is 5.75 Å². The fraction of sp³-hybridized carbons (Fsp3) is 0.0857. The van der Waals surface area contributed by atoms with Crippen LogP contribution in [0.5, 0.6) is 5.75 Å². The molecule has 12 aromatic rings. The molecule has 14 rings (SSSR count). The fourth-order valence-electron chi connectivity index (χ4n) is 11.7. The van der Waals surface area contributed by atoms with Gasteiger partial charge in [-0.2, -0.15) is 0 Å². The molecule has 6 heterocycles. The number of benzene rings is 8. The second kappa shape index (κ2) is 19.4. The topological polar surface area (TPSA) is 92.9 Å². The zero-order valence-corrected chi connectivity index (χ0v) is 48.3. The number of hydrogen-bond acceptors (Lipinski definition) is 5. The number of nitrogens with one attached hydrogen (secondary N) is 2. The monoisotopic (exact) mass is 1090 g/mol. The van der Waals surface area contributed by atoms with Crippen molar-refractivity contribution in [1.29, 1.82) is 0 Å². The number of nitrogens with zero attached hydrogens (tertiary/aromatic N) is 2. The SMILES string of the molecule is C[Si](C)(C)c1cc2ccccc2c2c1op(Oc1ccccc1-c1c3nc(c(-c4ccccc4)c4ccc([nH]4)c(-c4ccccc4)c4nc(c(-c5ccccc5)c5ccc1[nH]5)C=C4)C=C3)oc1c([Si](C)(C)C)cc3ccccc3c12. The van der Waals surface area contributed by atoms with E-state index in [2.05, 4.69) is 262 Å². The Labute approximate surface area is 467 Å². The first-order chi connectivity index (χ1) is 38.9. The van der Waals surface area contributed by atoms with Gasteiger partial charge >= 0.3 is 8.24 Å². The fourth-order valence-corrected chi connectivity index (χ4v) is 15.9. The number of aromatic amines is 2. The Morgan fingerprint density at radius 3 is 1.15 bits per heavy atom. The van der Waals surface area contributed by atoms with E-state index < -0.39 is 24.4 Å². The first kappa shape index (κ1) is 49.3. The molecule has 0 spiro atoms. The highest BCUT2D eigenvalue weighted by Gasteiger charge is 2.29. The summed E-state index contributed by atoms with van der Waals surface area (Å²) in [6.07, 6.45) is 8.55. The summed E-state index contributed by atoms with van der Waals surface area (Å²) >= 11 is 0. The van der Waals surface area contributed by atoms with E-state index in [1.54, 1.807) is 0 Å². The van der Waals surface area contributed by atoms with Gasteiger partial charge in [-0.15, -0.1) is 0 Å². The third-order valence-corrected chi connectivity index (χ3v) is 20.5. The van der Waals surface area contributed by atoms with Gasteiger partial charge in [0.15, 0.2) is 0 Å². The van der Waals surface area contributed by atoms with Crippen molar-refractivity contribution in [3.63, 3.8) is 0 Å². The van der Waals surface area contributed by atoms with Gasteiger partial charge in [0.05, 0.1) is 38.9 Å². The molecule has 7 nitrogen and oxygen atoms in total. The molecule has 0 aliphatic carbocycles. The van der Waals surface area contributed by atoms with Crippen LogP contribution in [-0.4, -0.2) is 36.1 Å². The summed E-state index contributed by atoms with van der Waals surface area (Å²) in [7, 11) is -6.32. The largest absolute Gasteiger partial charge is 0.453 e. The van der Waals surface area contributed by atoms with Crippen molar-refractivity contribution in [2.24, 2.45) is 0 Å². The molecule has 8 aromatic carbocycles. The zero-order chi connectivity index (χ0) is 54.3. The number of aromatic nitrogens is 4. The minimum atomic E-state index is -2.13. The van der Waals surface area contributed by atoms with Crippen LogP contribution in [0, 0.1) is 0 Å². The molecule has 0 unspecified atom stereocenters. The summed E-state index contributed by atoms with van der Waals surface area (Å²) in [5.74, 6) is 0.610. The summed E-state index contributed by atoms with van der Waals surface area (Å²) < 4.78 is 22.4. The molecule has 0 atom stereocenters. The van der Waals surface area contributed by atoms with Gasteiger partial charge in [-0.05, 0) is 103 Å². The Kier molecular flexibility index (Phi) is 12.0. The van der Waals surface area contributed by atoms with Crippen molar-refractivity contribution < 1.29 is 12.9 Å². The van der Waals surface area contributed by atoms with E-state index in [-0.39, 0.29) is 0 Å². The van der Waals surface area contributed by atoms with Crippen LogP contribution in [0.1, 0.15) is 22.8 Å². The lowest BCUT2D eigenvalue weighted by Crippen LogP contribution is -2.38. The van der Waals surface area contributed by atoms with Gasteiger partial charge in [0.2, 0.25) is 0 Å². The van der Waals surface area contributed by atoms with Crippen LogP contribution in [0.2, 0.25) is 39.3 Å². The summed E-state index contributed by atoms with van der Waals surface area (Å²) in [5, 5.41) is 9.20. The maximum atomic E-state index is 7.49. The molecule has 388 valence electrons. The van der Waals surface area contributed by atoms with Crippen molar-refractivity contribution in [3.8, 4) is 50.3 Å². The van der Waals surface area contributed by atoms with Gasteiger partial charge in [0.1, 0.15) is 16.9 Å². The molecule has 4 aromatic heterocycles. The quantitative estimate of drug-likeness (QED) is 0.148. The van der Waals surface area contributed by atoms with E-state index in [9.17, 15) is 0 Å². The van der Waals surface area contributed by atoms with Crippen LogP contribution >= 0.6 is 8.24 Å². The molecule has 0 radical (unpaired) electrons. The zero-order valence-electron chi connectivity index (χ0n) is 45.4. The minimum Gasteiger partial charge on any atom is -0.390 e. The highest BCUT2D eigenvalue weighted by molar-refractivity contribution is 7.32. The lowest BCUT2D eigenvalue weighted by molar-refractivity contribution is 0.500. The Bertz CT molecular complexity index is 4610. The third kappa shape index (κ3) is 8.66. The average Bonchev–Trinajstić information content (AvgIpc) is 4.17. The van der Waals surface area contributed by atoms with E-state index in [0.717, 1.165) is 122 Å². The molecule has 0 saturated heterocycles. The maximum absolute atomic E-state index is 7.49. The first-order valence-corrected chi connectivity index (χ1v) is 35.4. The molecule has 0 fully saturated rings. The molecule has 0 saturated carbocycles. The molecule has 2 aliphatic rings. The number of H-pyrrole nitrogens is 2. The predicted molar refractivity (Wildman–Crippen MR) is 344 cm³/mol.